The van der Waals surface area contributed by atoms with Crippen molar-refractivity contribution in [3.63, 3.8) is 0 Å². The second kappa shape index (κ2) is 6.27. The molecule has 0 radical (unpaired) electrons. The van der Waals surface area contributed by atoms with Crippen LogP contribution in [0.5, 0.6) is 0 Å². The average Bonchev–Trinajstić information content (AvgIpc) is 2.93. The Kier molecular flexibility index (Phi) is 4.22. The first kappa shape index (κ1) is 13.5. The maximum atomic E-state index is 11.7. The van der Waals surface area contributed by atoms with Crippen LogP contribution in [0.4, 0.5) is 0 Å². The zero-order valence-electron chi connectivity index (χ0n) is 10.8. The third-order valence-corrected chi connectivity index (χ3v) is 2.60. The molecule has 0 atom stereocenters. The van der Waals surface area contributed by atoms with Crippen LogP contribution in [0, 0.1) is 11.8 Å². The fraction of sp³-hybridized carbons (Fsp3) is 0.231. The first-order valence-corrected chi connectivity index (χ1v) is 5.81. The second-order valence-corrected chi connectivity index (χ2v) is 3.85. The summed E-state index contributed by atoms with van der Waals surface area (Å²) >= 11 is 0. The smallest absolute Gasteiger partial charge is 0.338 e. The van der Waals surface area contributed by atoms with Crippen LogP contribution < -0.4 is 0 Å². The van der Waals surface area contributed by atoms with Crippen molar-refractivity contribution in [3.05, 3.63) is 39.9 Å². The van der Waals surface area contributed by atoms with E-state index in [9.17, 15) is 4.79 Å². The Hall–Kier alpha value is -2.97. The van der Waals surface area contributed by atoms with Gasteiger partial charge in [-0.1, -0.05) is 17.0 Å². The predicted molar refractivity (Wildman–Crippen MR) is 72.9 cm³/mol. The number of fused-ring (bicyclic) bond motifs is 1. The van der Waals surface area contributed by atoms with Crippen LogP contribution in [0.25, 0.3) is 21.3 Å². The highest BCUT2D eigenvalue weighted by atomic mass is 16.5. The molecule has 0 spiro atoms. The van der Waals surface area contributed by atoms with Gasteiger partial charge in [-0.05, 0) is 17.7 Å². The SMILES string of the molecule is COC(=O)c1cc(C#CCCN=[N+]=[N-])cc2[nH]ncc12. The summed E-state index contributed by atoms with van der Waals surface area (Å²) in [4.78, 5) is 14.4. The highest BCUT2D eigenvalue weighted by Crippen LogP contribution is 2.19. The lowest BCUT2D eigenvalue weighted by Gasteiger charge is -2.01. The Morgan fingerprint density at radius 3 is 3.20 bits per heavy atom. The van der Waals surface area contributed by atoms with Crippen molar-refractivity contribution < 1.29 is 9.53 Å². The Balaban J connectivity index is 2.34. The van der Waals surface area contributed by atoms with Gasteiger partial charge in [-0.3, -0.25) is 5.10 Å². The third-order valence-electron chi connectivity index (χ3n) is 2.60. The molecule has 0 fully saturated rings. The number of benzene rings is 1. The number of ether oxygens (including phenoxy) is 1. The Morgan fingerprint density at radius 2 is 2.45 bits per heavy atom. The summed E-state index contributed by atoms with van der Waals surface area (Å²) in [5.74, 6) is 5.36. The second-order valence-electron chi connectivity index (χ2n) is 3.85. The molecule has 0 aliphatic rings. The highest BCUT2D eigenvalue weighted by molar-refractivity contribution is 6.03. The molecule has 0 bridgehead atoms. The van der Waals surface area contributed by atoms with E-state index in [1.165, 1.54) is 7.11 Å². The highest BCUT2D eigenvalue weighted by Gasteiger charge is 2.12. The van der Waals surface area contributed by atoms with Crippen LogP contribution in [-0.2, 0) is 4.74 Å². The van der Waals surface area contributed by atoms with Crippen molar-refractivity contribution in [1.29, 1.82) is 0 Å². The van der Waals surface area contributed by atoms with E-state index in [0.717, 1.165) is 0 Å². The van der Waals surface area contributed by atoms with Crippen molar-refractivity contribution in [2.45, 2.75) is 6.42 Å². The number of rotatable bonds is 3. The van der Waals surface area contributed by atoms with Crippen molar-refractivity contribution in [3.8, 4) is 11.8 Å². The summed E-state index contributed by atoms with van der Waals surface area (Å²) in [6, 6.07) is 3.46. The van der Waals surface area contributed by atoms with E-state index in [1.807, 2.05) is 0 Å². The van der Waals surface area contributed by atoms with Gasteiger partial charge in [-0.2, -0.15) is 5.10 Å². The van der Waals surface area contributed by atoms with Crippen molar-refractivity contribution in [1.82, 2.24) is 10.2 Å². The fourth-order valence-electron chi connectivity index (χ4n) is 1.72. The van der Waals surface area contributed by atoms with E-state index in [1.54, 1.807) is 18.3 Å². The number of carbonyl (C=O) groups excluding carboxylic acids is 1. The largest absolute Gasteiger partial charge is 0.465 e. The molecular weight excluding hydrogens is 258 g/mol. The molecule has 2 rings (SSSR count). The predicted octanol–water partition coefficient (Wildman–Crippen LogP) is 2.40. The monoisotopic (exact) mass is 269 g/mol. The fourth-order valence-corrected chi connectivity index (χ4v) is 1.72. The molecular formula is C13H11N5O2. The summed E-state index contributed by atoms with van der Waals surface area (Å²) in [5.41, 5.74) is 9.95. The molecule has 7 heteroatoms. The molecule has 1 aromatic heterocycles. The summed E-state index contributed by atoms with van der Waals surface area (Å²) in [6.07, 6.45) is 2.03. The standard InChI is InChI=1S/C13H11N5O2/c1-20-13(19)10-6-9(4-2-3-5-15-18-14)7-12-11(10)8-16-17-12/h6-8H,3,5H2,1H3,(H,16,17). The number of nitrogens with zero attached hydrogens (tertiary/aromatic N) is 4. The van der Waals surface area contributed by atoms with E-state index < -0.39 is 5.97 Å². The van der Waals surface area contributed by atoms with Crippen molar-refractivity contribution >= 4 is 16.9 Å². The summed E-state index contributed by atoms with van der Waals surface area (Å²) < 4.78 is 4.74. The van der Waals surface area contributed by atoms with Gasteiger partial charge in [0, 0.05) is 28.8 Å². The lowest BCUT2D eigenvalue weighted by molar-refractivity contribution is 0.0603. The molecule has 0 aliphatic carbocycles. The number of aromatic nitrogens is 2. The van der Waals surface area contributed by atoms with E-state index >= 15 is 0 Å². The molecule has 7 nitrogen and oxygen atoms in total. The first-order chi connectivity index (χ1) is 9.76. The molecule has 0 saturated carbocycles. The van der Waals surface area contributed by atoms with E-state index in [0.29, 0.717) is 35.0 Å². The maximum absolute atomic E-state index is 11.7. The molecule has 0 amide bonds. The van der Waals surface area contributed by atoms with E-state index in [-0.39, 0.29) is 0 Å². The van der Waals surface area contributed by atoms with Gasteiger partial charge in [-0.25, -0.2) is 4.79 Å². The van der Waals surface area contributed by atoms with Crippen LogP contribution in [0.2, 0.25) is 0 Å². The van der Waals surface area contributed by atoms with Crippen LogP contribution in [0.1, 0.15) is 22.3 Å². The van der Waals surface area contributed by atoms with Crippen LogP contribution in [-0.4, -0.2) is 29.8 Å². The van der Waals surface area contributed by atoms with Gasteiger partial charge in [0.05, 0.1) is 24.4 Å². The van der Waals surface area contributed by atoms with Gasteiger partial charge in [0.1, 0.15) is 0 Å². The van der Waals surface area contributed by atoms with Gasteiger partial charge < -0.3 is 4.74 Å². The number of nitrogens with one attached hydrogen (secondary N) is 1. The number of H-pyrrole nitrogens is 1. The minimum atomic E-state index is -0.436. The molecule has 100 valence electrons. The van der Waals surface area contributed by atoms with E-state index in [4.69, 9.17) is 10.3 Å². The maximum Gasteiger partial charge on any atom is 0.338 e. The molecule has 1 N–H and O–H groups in total. The van der Waals surface area contributed by atoms with Crippen molar-refractivity contribution in [2.24, 2.45) is 5.11 Å². The summed E-state index contributed by atoms with van der Waals surface area (Å²) in [6.45, 7) is 0.319. The number of hydrogen-bond acceptors (Lipinski definition) is 4. The minimum Gasteiger partial charge on any atom is -0.465 e. The van der Waals surface area contributed by atoms with E-state index in [2.05, 4.69) is 32.1 Å². The van der Waals surface area contributed by atoms with Crippen LogP contribution in [0.15, 0.2) is 23.4 Å². The Morgan fingerprint density at radius 1 is 1.60 bits per heavy atom. The summed E-state index contributed by atoms with van der Waals surface area (Å²) in [5, 5.41) is 10.8. The Bertz CT molecular complexity index is 747. The minimum absolute atomic E-state index is 0.319. The number of carbonyl (C=O) groups is 1. The van der Waals surface area contributed by atoms with Gasteiger partial charge in [-0.15, -0.1) is 0 Å². The van der Waals surface area contributed by atoms with Gasteiger partial charge in [0.25, 0.3) is 0 Å². The quantitative estimate of drug-likeness (QED) is 0.231. The molecule has 1 aromatic carbocycles. The summed E-state index contributed by atoms with van der Waals surface area (Å²) in [7, 11) is 1.33. The molecule has 0 saturated heterocycles. The normalized spacial score (nSPS) is 9.45. The Labute approximate surface area is 114 Å². The topological polar surface area (TPSA) is 104 Å². The van der Waals surface area contributed by atoms with Gasteiger partial charge in [0.15, 0.2) is 0 Å². The van der Waals surface area contributed by atoms with Crippen molar-refractivity contribution in [2.75, 3.05) is 13.7 Å². The zero-order chi connectivity index (χ0) is 14.4. The number of methoxy groups -OCH3 is 1. The lowest BCUT2D eigenvalue weighted by atomic mass is 10.1. The third kappa shape index (κ3) is 2.88. The molecule has 1 heterocycles. The number of azide groups is 1. The number of hydrogen-bond donors (Lipinski definition) is 1. The van der Waals surface area contributed by atoms with Gasteiger partial charge >= 0.3 is 5.97 Å². The zero-order valence-corrected chi connectivity index (χ0v) is 10.8. The average molecular weight is 269 g/mol. The van der Waals surface area contributed by atoms with Crippen LogP contribution in [0.3, 0.4) is 0 Å². The first-order valence-electron chi connectivity index (χ1n) is 5.81. The lowest BCUT2D eigenvalue weighted by Crippen LogP contribution is -2.02. The van der Waals surface area contributed by atoms with Crippen LogP contribution >= 0.6 is 0 Å². The molecule has 0 aliphatic heterocycles. The van der Waals surface area contributed by atoms with Gasteiger partial charge in [0.2, 0.25) is 0 Å². The molecule has 2 aromatic rings. The number of esters is 1. The molecule has 20 heavy (non-hydrogen) atoms. The number of aromatic amines is 1. The molecule has 0 unspecified atom stereocenters.